The SMILES string of the molecule is CCC(=O)Nc1cc(N2CCN(C(C)=O)CC2)ccc1Nc1nc(-n2ccc(C(=O)Nc3c(CC)cccc3CC)c2)c2cn[nH]c2n1. The molecule has 4 heterocycles. The Balaban J connectivity index is 1.28. The van der Waals surface area contributed by atoms with E-state index in [1.54, 1.807) is 43.1 Å². The predicted molar refractivity (Wildman–Crippen MR) is 187 cm³/mol. The molecular weight excluding hydrogens is 608 g/mol. The number of aromatic amines is 1. The predicted octanol–water partition coefficient (Wildman–Crippen LogP) is 5.28. The highest BCUT2D eigenvalue weighted by Gasteiger charge is 2.21. The molecular formula is C35H40N10O3. The smallest absolute Gasteiger partial charge is 0.257 e. The summed E-state index contributed by atoms with van der Waals surface area (Å²) in [5.41, 5.74) is 6.16. The van der Waals surface area contributed by atoms with Crippen LogP contribution in [-0.4, -0.2) is 73.5 Å². The molecule has 0 bridgehead atoms. The molecule has 48 heavy (non-hydrogen) atoms. The van der Waals surface area contributed by atoms with E-state index in [1.807, 2.05) is 41.3 Å². The molecule has 0 aliphatic carbocycles. The van der Waals surface area contributed by atoms with Crippen LogP contribution < -0.4 is 20.9 Å². The standard InChI is InChI=1S/C35H40N10O3/c1-5-23-9-8-10-24(6-2)31(23)39-34(48)25-13-14-45(21-25)33-27-20-36-42-32(27)40-35(41-33)38-28-12-11-26(19-29(28)37-30(47)7-3)44-17-15-43(16-18-44)22(4)46/h8-14,19-21H,5-7,15-18H2,1-4H3,(H,37,47)(H,39,48)(H2,36,38,40,41,42). The third-order valence-electron chi connectivity index (χ3n) is 8.66. The number of aromatic nitrogens is 5. The van der Waals surface area contributed by atoms with Crippen molar-refractivity contribution in [1.82, 2.24) is 29.6 Å². The first-order valence-electron chi connectivity index (χ1n) is 16.3. The molecule has 0 unspecified atom stereocenters. The van der Waals surface area contributed by atoms with Crippen LogP contribution in [0.15, 0.2) is 61.1 Å². The van der Waals surface area contributed by atoms with Gasteiger partial charge in [0.05, 0.1) is 28.5 Å². The van der Waals surface area contributed by atoms with E-state index in [1.165, 1.54) is 0 Å². The maximum Gasteiger partial charge on any atom is 0.257 e. The number of hydrogen-bond acceptors (Lipinski definition) is 8. The van der Waals surface area contributed by atoms with Crippen LogP contribution in [0.25, 0.3) is 16.9 Å². The molecule has 0 spiro atoms. The number of amides is 3. The monoisotopic (exact) mass is 648 g/mol. The number of anilines is 5. The van der Waals surface area contributed by atoms with Gasteiger partial charge in [-0.2, -0.15) is 15.1 Å². The number of para-hydroxylation sites is 1. The first-order valence-corrected chi connectivity index (χ1v) is 16.3. The number of carbonyl (C=O) groups is 3. The molecule has 0 radical (unpaired) electrons. The second-order valence-corrected chi connectivity index (χ2v) is 11.7. The highest BCUT2D eigenvalue weighted by molar-refractivity contribution is 6.05. The fraction of sp³-hybridized carbons (Fsp3) is 0.314. The highest BCUT2D eigenvalue weighted by Crippen LogP contribution is 2.32. The number of carbonyl (C=O) groups excluding carboxylic acids is 3. The lowest BCUT2D eigenvalue weighted by atomic mass is 10.0. The van der Waals surface area contributed by atoms with Gasteiger partial charge in [0.2, 0.25) is 17.8 Å². The molecule has 13 nitrogen and oxygen atoms in total. The van der Waals surface area contributed by atoms with Gasteiger partial charge in [0.15, 0.2) is 11.5 Å². The molecule has 0 atom stereocenters. The number of nitrogens with zero attached hydrogens (tertiary/aromatic N) is 6. The molecule has 0 saturated carbocycles. The zero-order valence-electron chi connectivity index (χ0n) is 27.6. The van der Waals surface area contributed by atoms with Gasteiger partial charge in [-0.3, -0.25) is 19.5 Å². The summed E-state index contributed by atoms with van der Waals surface area (Å²) in [6, 6.07) is 13.6. The average Bonchev–Trinajstić information content (AvgIpc) is 3.79. The first kappa shape index (κ1) is 32.2. The van der Waals surface area contributed by atoms with Crippen molar-refractivity contribution in [3.8, 4) is 5.82 Å². The van der Waals surface area contributed by atoms with Crippen molar-refractivity contribution < 1.29 is 14.4 Å². The summed E-state index contributed by atoms with van der Waals surface area (Å²) in [7, 11) is 0. The minimum absolute atomic E-state index is 0.0708. The number of piperazine rings is 1. The summed E-state index contributed by atoms with van der Waals surface area (Å²) in [6.07, 6.45) is 7.10. The molecule has 1 aliphatic rings. The molecule has 1 aliphatic heterocycles. The van der Waals surface area contributed by atoms with Crippen LogP contribution >= 0.6 is 0 Å². The second kappa shape index (κ2) is 14.0. The van der Waals surface area contributed by atoms with E-state index in [0.717, 1.165) is 35.3 Å². The number of rotatable bonds is 10. The maximum absolute atomic E-state index is 13.4. The number of hydrogen-bond donors (Lipinski definition) is 4. The van der Waals surface area contributed by atoms with Crippen LogP contribution in [0, 0.1) is 0 Å². The lowest BCUT2D eigenvalue weighted by Crippen LogP contribution is -2.48. The quantitative estimate of drug-likeness (QED) is 0.160. The van der Waals surface area contributed by atoms with E-state index < -0.39 is 0 Å². The highest BCUT2D eigenvalue weighted by atomic mass is 16.2. The molecule has 5 aromatic rings. The van der Waals surface area contributed by atoms with Crippen LogP contribution in [0.5, 0.6) is 0 Å². The van der Waals surface area contributed by atoms with Crippen LogP contribution in [0.1, 0.15) is 55.6 Å². The van der Waals surface area contributed by atoms with Gasteiger partial charge < -0.3 is 30.3 Å². The van der Waals surface area contributed by atoms with E-state index in [0.29, 0.717) is 66.4 Å². The fourth-order valence-electron chi connectivity index (χ4n) is 5.90. The minimum Gasteiger partial charge on any atom is -0.368 e. The summed E-state index contributed by atoms with van der Waals surface area (Å²) in [4.78, 5) is 51.2. The van der Waals surface area contributed by atoms with Gasteiger partial charge in [-0.1, -0.05) is 39.0 Å². The zero-order valence-corrected chi connectivity index (χ0v) is 27.6. The van der Waals surface area contributed by atoms with Crippen LogP contribution in [0.4, 0.5) is 28.7 Å². The zero-order chi connectivity index (χ0) is 33.8. The Hall–Kier alpha value is -5.72. The third kappa shape index (κ3) is 6.70. The van der Waals surface area contributed by atoms with Crippen molar-refractivity contribution in [3.05, 3.63) is 77.7 Å². The van der Waals surface area contributed by atoms with E-state index in [-0.39, 0.29) is 23.7 Å². The van der Waals surface area contributed by atoms with Gasteiger partial charge in [-0.25, -0.2) is 0 Å². The molecule has 6 rings (SSSR count). The minimum atomic E-state index is -0.209. The molecule has 1 fully saturated rings. The van der Waals surface area contributed by atoms with E-state index in [2.05, 4.69) is 49.9 Å². The van der Waals surface area contributed by atoms with Crippen molar-refractivity contribution in [1.29, 1.82) is 0 Å². The third-order valence-corrected chi connectivity index (χ3v) is 8.66. The molecule has 1 saturated heterocycles. The summed E-state index contributed by atoms with van der Waals surface area (Å²) < 4.78 is 1.77. The van der Waals surface area contributed by atoms with Crippen molar-refractivity contribution in [2.75, 3.05) is 47.0 Å². The van der Waals surface area contributed by atoms with Gasteiger partial charge in [0.1, 0.15) is 0 Å². The van der Waals surface area contributed by atoms with Crippen molar-refractivity contribution in [3.63, 3.8) is 0 Å². The Morgan fingerprint density at radius 2 is 1.65 bits per heavy atom. The Morgan fingerprint density at radius 3 is 2.33 bits per heavy atom. The van der Waals surface area contributed by atoms with Crippen LogP contribution in [0.2, 0.25) is 0 Å². The van der Waals surface area contributed by atoms with E-state index in [9.17, 15) is 14.4 Å². The molecule has 2 aromatic carbocycles. The number of nitrogens with one attached hydrogen (secondary N) is 4. The number of aryl methyl sites for hydroxylation is 2. The van der Waals surface area contributed by atoms with Gasteiger partial charge in [0, 0.05) is 63.3 Å². The maximum atomic E-state index is 13.4. The Morgan fingerprint density at radius 1 is 0.896 bits per heavy atom. The second-order valence-electron chi connectivity index (χ2n) is 11.7. The van der Waals surface area contributed by atoms with E-state index >= 15 is 0 Å². The van der Waals surface area contributed by atoms with Gasteiger partial charge >= 0.3 is 0 Å². The van der Waals surface area contributed by atoms with Crippen molar-refractivity contribution in [2.24, 2.45) is 0 Å². The lowest BCUT2D eigenvalue weighted by Gasteiger charge is -2.36. The normalized spacial score (nSPS) is 13.1. The molecule has 248 valence electrons. The number of benzene rings is 2. The van der Waals surface area contributed by atoms with Gasteiger partial charge in [-0.05, 0) is 48.2 Å². The van der Waals surface area contributed by atoms with Crippen LogP contribution in [-0.2, 0) is 22.4 Å². The first-order chi connectivity index (χ1) is 23.3. The Bertz CT molecular complexity index is 1950. The molecule has 13 heteroatoms. The van der Waals surface area contributed by atoms with Crippen molar-refractivity contribution >= 4 is 57.5 Å². The van der Waals surface area contributed by atoms with Crippen molar-refractivity contribution in [2.45, 2.75) is 47.0 Å². The number of H-pyrrole nitrogens is 1. The van der Waals surface area contributed by atoms with Crippen LogP contribution in [0.3, 0.4) is 0 Å². The summed E-state index contributed by atoms with van der Waals surface area (Å²) >= 11 is 0. The Labute approximate surface area is 278 Å². The molecule has 4 N–H and O–H groups in total. The summed E-state index contributed by atoms with van der Waals surface area (Å²) in [6.45, 7) is 10.2. The summed E-state index contributed by atoms with van der Waals surface area (Å²) in [5, 5.41) is 17.2. The van der Waals surface area contributed by atoms with Gasteiger partial charge in [0.25, 0.3) is 5.91 Å². The summed E-state index contributed by atoms with van der Waals surface area (Å²) in [5.74, 6) is 0.534. The fourth-order valence-corrected chi connectivity index (χ4v) is 5.90. The average molecular weight is 649 g/mol. The molecule has 3 amide bonds. The largest absolute Gasteiger partial charge is 0.368 e. The van der Waals surface area contributed by atoms with E-state index in [4.69, 9.17) is 4.98 Å². The number of fused-ring (bicyclic) bond motifs is 1. The Kier molecular flexibility index (Phi) is 9.37. The van der Waals surface area contributed by atoms with Gasteiger partial charge in [-0.15, -0.1) is 0 Å². The topological polar surface area (TPSA) is 153 Å². The molecule has 3 aromatic heterocycles. The lowest BCUT2D eigenvalue weighted by molar-refractivity contribution is -0.129.